The fourth-order valence-electron chi connectivity index (χ4n) is 2.57. The lowest BCUT2D eigenvalue weighted by molar-refractivity contribution is -0.156. The number of nitrogens with zero attached hydrogens (tertiary/aromatic N) is 1. The highest BCUT2D eigenvalue weighted by molar-refractivity contribution is 5.82. The number of methoxy groups -OCH3 is 1. The van der Waals surface area contributed by atoms with Gasteiger partial charge in [-0.2, -0.15) is 0 Å². The molecule has 0 aromatic carbocycles. The standard InChI is InChI=1S/C17H29NO6/c1-16(2,3)23-13(19)9-11-8-12(14(20)22-7)18(10-11)15(21)24-17(4,5)6/h11-12H,8-10H2,1-7H3/t11-,12-/m1/s1. The Morgan fingerprint density at radius 3 is 2.00 bits per heavy atom. The van der Waals surface area contributed by atoms with Crippen LogP contribution in [0.5, 0.6) is 0 Å². The molecular formula is C17H29NO6. The molecule has 0 aromatic rings. The topological polar surface area (TPSA) is 82.1 Å². The Labute approximate surface area is 143 Å². The first kappa shape index (κ1) is 20.3. The lowest BCUT2D eigenvalue weighted by Gasteiger charge is -2.27. The molecule has 0 bridgehead atoms. The van der Waals surface area contributed by atoms with Crippen LogP contribution in [0.3, 0.4) is 0 Å². The van der Waals surface area contributed by atoms with Gasteiger partial charge < -0.3 is 14.2 Å². The SMILES string of the molecule is COC(=O)[C@H]1C[C@H](CC(=O)OC(C)(C)C)CN1C(=O)OC(C)(C)C. The van der Waals surface area contributed by atoms with Gasteiger partial charge in [-0.25, -0.2) is 9.59 Å². The molecule has 1 rings (SSSR count). The van der Waals surface area contributed by atoms with Crippen LogP contribution in [-0.2, 0) is 23.8 Å². The third-order valence-corrected chi connectivity index (χ3v) is 3.36. The van der Waals surface area contributed by atoms with Crippen molar-refractivity contribution in [3.8, 4) is 0 Å². The van der Waals surface area contributed by atoms with Crippen molar-refractivity contribution in [2.24, 2.45) is 5.92 Å². The van der Waals surface area contributed by atoms with Crippen molar-refractivity contribution in [2.75, 3.05) is 13.7 Å². The highest BCUT2D eigenvalue weighted by atomic mass is 16.6. The van der Waals surface area contributed by atoms with E-state index >= 15 is 0 Å². The first-order valence-electron chi connectivity index (χ1n) is 8.11. The molecule has 24 heavy (non-hydrogen) atoms. The van der Waals surface area contributed by atoms with E-state index in [0.717, 1.165) is 0 Å². The van der Waals surface area contributed by atoms with Gasteiger partial charge in [-0.05, 0) is 53.9 Å². The van der Waals surface area contributed by atoms with Crippen LogP contribution in [0, 0.1) is 5.92 Å². The molecule has 1 heterocycles. The van der Waals surface area contributed by atoms with Gasteiger partial charge in [0.2, 0.25) is 0 Å². The largest absolute Gasteiger partial charge is 0.467 e. The maximum Gasteiger partial charge on any atom is 0.411 e. The van der Waals surface area contributed by atoms with Gasteiger partial charge in [0, 0.05) is 6.54 Å². The third-order valence-electron chi connectivity index (χ3n) is 3.36. The van der Waals surface area contributed by atoms with Crippen molar-refractivity contribution < 1.29 is 28.6 Å². The van der Waals surface area contributed by atoms with E-state index in [4.69, 9.17) is 14.2 Å². The van der Waals surface area contributed by atoms with Crippen molar-refractivity contribution >= 4 is 18.0 Å². The second-order valence-electron chi connectivity index (χ2n) is 8.06. The van der Waals surface area contributed by atoms with Crippen LogP contribution in [0.15, 0.2) is 0 Å². The average molecular weight is 343 g/mol. The summed E-state index contributed by atoms with van der Waals surface area (Å²) in [7, 11) is 1.27. The average Bonchev–Trinajstić information content (AvgIpc) is 2.77. The Hall–Kier alpha value is -1.79. The molecule has 138 valence electrons. The molecule has 7 heteroatoms. The number of hydrogen-bond donors (Lipinski definition) is 0. The Morgan fingerprint density at radius 2 is 1.54 bits per heavy atom. The number of esters is 2. The van der Waals surface area contributed by atoms with Crippen molar-refractivity contribution in [2.45, 2.75) is 71.6 Å². The molecule has 1 aliphatic heterocycles. The number of hydrogen-bond acceptors (Lipinski definition) is 6. The molecule has 1 amide bonds. The number of carbonyl (C=O) groups excluding carboxylic acids is 3. The van der Waals surface area contributed by atoms with E-state index in [1.807, 2.05) is 0 Å². The lowest BCUT2D eigenvalue weighted by atomic mass is 10.0. The van der Waals surface area contributed by atoms with Gasteiger partial charge in [-0.1, -0.05) is 0 Å². The minimum absolute atomic E-state index is 0.143. The summed E-state index contributed by atoms with van der Waals surface area (Å²) < 4.78 is 15.4. The van der Waals surface area contributed by atoms with Crippen LogP contribution in [0.2, 0.25) is 0 Å². The third kappa shape index (κ3) is 6.37. The fraction of sp³-hybridized carbons (Fsp3) is 0.824. The summed E-state index contributed by atoms with van der Waals surface area (Å²) in [5.74, 6) is -1.02. The molecule has 0 N–H and O–H groups in total. The van der Waals surface area contributed by atoms with Crippen LogP contribution in [-0.4, -0.2) is 53.8 Å². The number of rotatable bonds is 3. The van der Waals surface area contributed by atoms with Gasteiger partial charge in [-0.3, -0.25) is 9.69 Å². The number of amides is 1. The van der Waals surface area contributed by atoms with Crippen molar-refractivity contribution in [3.63, 3.8) is 0 Å². The summed E-state index contributed by atoms with van der Waals surface area (Å²) in [5, 5.41) is 0. The van der Waals surface area contributed by atoms with Crippen LogP contribution < -0.4 is 0 Å². The molecule has 0 aromatic heterocycles. The maximum absolute atomic E-state index is 12.3. The molecule has 1 fully saturated rings. The Morgan fingerprint density at radius 1 is 1.00 bits per heavy atom. The molecule has 7 nitrogen and oxygen atoms in total. The van der Waals surface area contributed by atoms with E-state index in [1.54, 1.807) is 41.5 Å². The first-order chi connectivity index (χ1) is 10.8. The van der Waals surface area contributed by atoms with Gasteiger partial charge >= 0.3 is 18.0 Å². The maximum atomic E-state index is 12.3. The quantitative estimate of drug-likeness (QED) is 0.578. The van der Waals surface area contributed by atoms with Crippen LogP contribution in [0.4, 0.5) is 4.79 Å². The molecule has 1 aliphatic rings. The van der Waals surface area contributed by atoms with E-state index in [9.17, 15) is 14.4 Å². The molecule has 0 unspecified atom stereocenters. The highest BCUT2D eigenvalue weighted by Crippen LogP contribution is 2.29. The zero-order valence-corrected chi connectivity index (χ0v) is 15.7. The molecule has 0 aliphatic carbocycles. The van der Waals surface area contributed by atoms with Gasteiger partial charge in [-0.15, -0.1) is 0 Å². The van der Waals surface area contributed by atoms with E-state index in [2.05, 4.69) is 0 Å². The van der Waals surface area contributed by atoms with Crippen LogP contribution in [0.1, 0.15) is 54.4 Å². The fourth-order valence-corrected chi connectivity index (χ4v) is 2.57. The predicted octanol–water partition coefficient (Wildman–Crippen LogP) is 2.52. The van der Waals surface area contributed by atoms with E-state index in [0.29, 0.717) is 6.42 Å². The first-order valence-corrected chi connectivity index (χ1v) is 8.11. The summed E-state index contributed by atoms with van der Waals surface area (Å²) in [6, 6.07) is -0.739. The van der Waals surface area contributed by atoms with Crippen LogP contribution in [0.25, 0.3) is 0 Å². The summed E-state index contributed by atoms with van der Waals surface area (Å²) in [5.41, 5.74) is -1.23. The van der Waals surface area contributed by atoms with Crippen molar-refractivity contribution in [3.05, 3.63) is 0 Å². The summed E-state index contributed by atoms with van der Waals surface area (Å²) >= 11 is 0. The van der Waals surface area contributed by atoms with E-state index in [-0.39, 0.29) is 24.9 Å². The second-order valence-corrected chi connectivity index (χ2v) is 8.06. The number of ether oxygens (including phenoxy) is 3. The van der Waals surface area contributed by atoms with Gasteiger partial charge in [0.25, 0.3) is 0 Å². The monoisotopic (exact) mass is 343 g/mol. The van der Waals surface area contributed by atoms with Gasteiger partial charge in [0.1, 0.15) is 17.2 Å². The van der Waals surface area contributed by atoms with Gasteiger partial charge in [0.15, 0.2) is 0 Å². The Balaban J connectivity index is 2.78. The highest BCUT2D eigenvalue weighted by Gasteiger charge is 2.43. The molecule has 2 atom stereocenters. The number of carbonyl (C=O) groups is 3. The molecule has 0 radical (unpaired) electrons. The van der Waals surface area contributed by atoms with Crippen molar-refractivity contribution in [1.29, 1.82) is 0 Å². The minimum atomic E-state index is -0.739. The van der Waals surface area contributed by atoms with Crippen molar-refractivity contribution in [1.82, 2.24) is 4.90 Å². The summed E-state index contributed by atoms with van der Waals surface area (Å²) in [4.78, 5) is 37.6. The zero-order chi connectivity index (χ0) is 18.7. The predicted molar refractivity (Wildman–Crippen MR) is 87.3 cm³/mol. The van der Waals surface area contributed by atoms with Crippen LogP contribution >= 0.6 is 0 Å². The normalized spacial score (nSPS) is 21.4. The van der Waals surface area contributed by atoms with E-state index < -0.39 is 29.3 Å². The Bertz CT molecular complexity index is 488. The zero-order valence-electron chi connectivity index (χ0n) is 15.7. The lowest BCUT2D eigenvalue weighted by Crippen LogP contribution is -2.43. The molecular weight excluding hydrogens is 314 g/mol. The molecule has 0 spiro atoms. The molecule has 1 saturated heterocycles. The van der Waals surface area contributed by atoms with Gasteiger partial charge in [0.05, 0.1) is 13.5 Å². The van der Waals surface area contributed by atoms with E-state index in [1.165, 1.54) is 12.0 Å². The number of likely N-dealkylation sites (tertiary alicyclic amines) is 1. The second kappa shape index (κ2) is 7.40. The smallest absolute Gasteiger partial charge is 0.411 e. The summed E-state index contributed by atoms with van der Waals surface area (Å²) in [6.45, 7) is 10.9. The molecule has 0 saturated carbocycles. The summed E-state index contributed by atoms with van der Waals surface area (Å²) in [6.07, 6.45) is -0.0838. The minimum Gasteiger partial charge on any atom is -0.467 e. The Kier molecular flexibility index (Phi) is 6.25.